The Balaban J connectivity index is 1.84. The van der Waals surface area contributed by atoms with Crippen LogP contribution in [-0.2, 0) is 7.05 Å². The second-order valence-electron chi connectivity index (χ2n) is 5.15. The quantitative estimate of drug-likeness (QED) is 0.552. The zero-order valence-electron chi connectivity index (χ0n) is 13.0. The number of aromatic nitrogens is 2. The van der Waals surface area contributed by atoms with E-state index in [1.807, 2.05) is 54.1 Å². The van der Waals surface area contributed by atoms with E-state index >= 15 is 0 Å². The highest BCUT2D eigenvalue weighted by Crippen LogP contribution is 2.26. The molecule has 0 unspecified atom stereocenters. The van der Waals surface area contributed by atoms with Gasteiger partial charge in [-0.15, -0.1) is 11.3 Å². The summed E-state index contributed by atoms with van der Waals surface area (Å²) in [6.07, 6.45) is 0. The molecular formula is C17H13N3O2S2. The highest BCUT2D eigenvalue weighted by atomic mass is 32.1. The molecule has 0 spiro atoms. The zero-order valence-corrected chi connectivity index (χ0v) is 14.6. The molecule has 0 atom stereocenters. The molecule has 0 saturated heterocycles. The van der Waals surface area contributed by atoms with Crippen LogP contribution >= 0.6 is 22.7 Å². The van der Waals surface area contributed by atoms with E-state index in [0.717, 1.165) is 26.2 Å². The number of ether oxygens (including phenoxy) is 1. The van der Waals surface area contributed by atoms with Crippen molar-refractivity contribution in [2.75, 3.05) is 7.11 Å². The molecule has 4 aromatic rings. The van der Waals surface area contributed by atoms with Crippen molar-refractivity contribution in [1.82, 2.24) is 9.55 Å². The molecule has 0 saturated carbocycles. The second-order valence-corrected chi connectivity index (χ2v) is 7.19. The van der Waals surface area contributed by atoms with Crippen LogP contribution in [-0.4, -0.2) is 22.6 Å². The van der Waals surface area contributed by atoms with Crippen LogP contribution < -0.4 is 9.54 Å². The molecule has 2 heterocycles. The Hall–Kier alpha value is -2.51. The highest BCUT2D eigenvalue weighted by Gasteiger charge is 2.13. The smallest absolute Gasteiger partial charge is 0.308 e. The summed E-state index contributed by atoms with van der Waals surface area (Å²) < 4.78 is 9.28. The molecule has 0 radical (unpaired) electrons. The molecule has 5 nitrogen and oxygen atoms in total. The van der Waals surface area contributed by atoms with Crippen LogP contribution in [0.15, 0.2) is 47.5 Å². The van der Waals surface area contributed by atoms with E-state index in [0.29, 0.717) is 9.81 Å². The van der Waals surface area contributed by atoms with Gasteiger partial charge in [-0.25, -0.2) is 4.98 Å². The SMILES string of the molecule is COc1cccc2sc(=NC(=O)c3nc4ccccc4s3)n(C)c12. The van der Waals surface area contributed by atoms with Gasteiger partial charge < -0.3 is 9.30 Å². The Bertz CT molecular complexity index is 1100. The summed E-state index contributed by atoms with van der Waals surface area (Å²) in [5.41, 5.74) is 1.75. The van der Waals surface area contributed by atoms with Gasteiger partial charge in [0.2, 0.25) is 0 Å². The van der Waals surface area contributed by atoms with Gasteiger partial charge >= 0.3 is 5.91 Å². The lowest BCUT2D eigenvalue weighted by atomic mass is 10.3. The first-order valence-electron chi connectivity index (χ1n) is 7.24. The fraction of sp³-hybridized carbons (Fsp3) is 0.118. The van der Waals surface area contributed by atoms with Gasteiger partial charge in [0.05, 0.1) is 22.0 Å². The summed E-state index contributed by atoms with van der Waals surface area (Å²) >= 11 is 2.82. The average molecular weight is 355 g/mol. The van der Waals surface area contributed by atoms with Gasteiger partial charge in [-0.05, 0) is 24.3 Å². The number of amides is 1. The normalized spacial score (nSPS) is 12.2. The number of benzene rings is 2. The molecule has 0 aliphatic heterocycles. The molecule has 0 aliphatic carbocycles. The maximum absolute atomic E-state index is 12.5. The minimum atomic E-state index is -0.322. The van der Waals surface area contributed by atoms with E-state index < -0.39 is 0 Å². The number of hydrogen-bond donors (Lipinski definition) is 0. The van der Waals surface area contributed by atoms with Crippen LogP contribution in [0.1, 0.15) is 9.80 Å². The van der Waals surface area contributed by atoms with Crippen molar-refractivity contribution < 1.29 is 9.53 Å². The molecular weight excluding hydrogens is 342 g/mol. The predicted molar refractivity (Wildman–Crippen MR) is 96.9 cm³/mol. The summed E-state index contributed by atoms with van der Waals surface area (Å²) in [6, 6.07) is 13.5. The Kier molecular flexibility index (Phi) is 3.66. The third-order valence-electron chi connectivity index (χ3n) is 3.68. The van der Waals surface area contributed by atoms with Crippen molar-refractivity contribution in [1.29, 1.82) is 0 Å². The fourth-order valence-corrected chi connectivity index (χ4v) is 4.42. The molecule has 4 rings (SSSR count). The number of nitrogens with zero attached hydrogens (tertiary/aromatic N) is 3. The van der Waals surface area contributed by atoms with Crippen molar-refractivity contribution in [3.05, 3.63) is 52.3 Å². The lowest BCUT2D eigenvalue weighted by Crippen LogP contribution is -2.13. The van der Waals surface area contributed by atoms with Gasteiger partial charge in [0.25, 0.3) is 0 Å². The van der Waals surface area contributed by atoms with Crippen molar-refractivity contribution in [2.45, 2.75) is 0 Å². The Morgan fingerprint density at radius 1 is 1.12 bits per heavy atom. The lowest BCUT2D eigenvalue weighted by Gasteiger charge is -2.02. The van der Waals surface area contributed by atoms with Crippen LogP contribution in [0.5, 0.6) is 5.75 Å². The molecule has 0 N–H and O–H groups in total. The summed E-state index contributed by atoms with van der Waals surface area (Å²) in [5.74, 6) is 0.442. The maximum atomic E-state index is 12.5. The monoisotopic (exact) mass is 355 g/mol. The molecule has 1 amide bonds. The Morgan fingerprint density at radius 3 is 2.71 bits per heavy atom. The van der Waals surface area contributed by atoms with Crippen molar-refractivity contribution in [3.63, 3.8) is 0 Å². The Morgan fingerprint density at radius 2 is 1.92 bits per heavy atom. The van der Waals surface area contributed by atoms with Gasteiger partial charge in [0.15, 0.2) is 9.81 Å². The van der Waals surface area contributed by atoms with E-state index in [-0.39, 0.29) is 5.91 Å². The Labute approximate surface area is 145 Å². The number of carbonyl (C=O) groups is 1. The molecule has 2 aromatic heterocycles. The largest absolute Gasteiger partial charge is 0.495 e. The number of aryl methyl sites for hydroxylation is 1. The predicted octanol–water partition coefficient (Wildman–Crippen LogP) is 3.60. The number of thiazole rings is 2. The number of carbonyl (C=O) groups excluding carboxylic acids is 1. The van der Waals surface area contributed by atoms with Crippen LogP contribution in [0.25, 0.3) is 20.4 Å². The maximum Gasteiger partial charge on any atom is 0.308 e. The zero-order chi connectivity index (χ0) is 16.7. The molecule has 7 heteroatoms. The van der Waals surface area contributed by atoms with Crippen molar-refractivity contribution in [2.24, 2.45) is 12.0 Å². The topological polar surface area (TPSA) is 56.5 Å². The van der Waals surface area contributed by atoms with Gasteiger partial charge in [-0.3, -0.25) is 4.79 Å². The molecule has 0 bridgehead atoms. The van der Waals surface area contributed by atoms with Crippen LogP contribution in [0, 0.1) is 0 Å². The molecule has 0 aliphatic rings. The minimum absolute atomic E-state index is 0.322. The molecule has 0 fully saturated rings. The van der Waals surface area contributed by atoms with E-state index in [1.165, 1.54) is 22.7 Å². The summed E-state index contributed by atoms with van der Waals surface area (Å²) in [7, 11) is 3.52. The standard InChI is InChI=1S/C17H13N3O2S2/c1-20-14-11(22-2)7-5-9-13(14)24-17(20)19-15(21)16-18-10-6-3-4-8-12(10)23-16/h3-9H,1-2H3. The summed E-state index contributed by atoms with van der Waals surface area (Å²) in [5, 5.41) is 0.403. The third kappa shape index (κ3) is 2.42. The summed E-state index contributed by atoms with van der Waals surface area (Å²) in [4.78, 5) is 21.8. The fourth-order valence-electron chi connectivity index (χ4n) is 2.54. The van der Waals surface area contributed by atoms with Gasteiger partial charge in [0, 0.05) is 7.05 Å². The molecule has 120 valence electrons. The number of hydrogen-bond acceptors (Lipinski definition) is 5. The van der Waals surface area contributed by atoms with E-state index in [9.17, 15) is 4.79 Å². The third-order valence-corrected chi connectivity index (χ3v) is 5.80. The van der Waals surface area contributed by atoms with E-state index in [4.69, 9.17) is 4.74 Å². The van der Waals surface area contributed by atoms with Crippen LogP contribution in [0.3, 0.4) is 0 Å². The average Bonchev–Trinajstić information content (AvgIpc) is 3.16. The van der Waals surface area contributed by atoms with Gasteiger partial charge in [0.1, 0.15) is 11.3 Å². The van der Waals surface area contributed by atoms with Crippen LogP contribution in [0.4, 0.5) is 0 Å². The van der Waals surface area contributed by atoms with Crippen molar-refractivity contribution in [3.8, 4) is 5.75 Å². The highest BCUT2D eigenvalue weighted by molar-refractivity contribution is 7.20. The second kappa shape index (κ2) is 5.85. The minimum Gasteiger partial charge on any atom is -0.495 e. The molecule has 24 heavy (non-hydrogen) atoms. The number of para-hydroxylation sites is 2. The lowest BCUT2D eigenvalue weighted by molar-refractivity contribution is 0.0998. The first-order chi connectivity index (χ1) is 11.7. The molecule has 2 aromatic carbocycles. The first kappa shape index (κ1) is 15.0. The van der Waals surface area contributed by atoms with Gasteiger partial charge in [-0.1, -0.05) is 29.5 Å². The number of rotatable bonds is 2. The van der Waals surface area contributed by atoms with Crippen molar-refractivity contribution >= 4 is 49.0 Å². The number of methoxy groups -OCH3 is 1. The van der Waals surface area contributed by atoms with Crippen LogP contribution in [0.2, 0.25) is 0 Å². The van der Waals surface area contributed by atoms with Gasteiger partial charge in [-0.2, -0.15) is 4.99 Å². The summed E-state index contributed by atoms with van der Waals surface area (Å²) in [6.45, 7) is 0. The van der Waals surface area contributed by atoms with E-state index in [2.05, 4.69) is 9.98 Å². The van der Waals surface area contributed by atoms with E-state index in [1.54, 1.807) is 7.11 Å². The number of fused-ring (bicyclic) bond motifs is 2. The first-order valence-corrected chi connectivity index (χ1v) is 8.88.